The molecule has 0 heterocycles. The lowest BCUT2D eigenvalue weighted by Crippen LogP contribution is -2.31. The first-order valence-electron chi connectivity index (χ1n) is 9.48. The Kier molecular flexibility index (Phi) is 7.47. The van der Waals surface area contributed by atoms with Crippen LogP contribution in [0.15, 0.2) is 77.3 Å². The summed E-state index contributed by atoms with van der Waals surface area (Å²) in [5, 5.41) is 11.7. The van der Waals surface area contributed by atoms with Crippen molar-refractivity contribution in [1.29, 1.82) is 5.26 Å². The highest BCUT2D eigenvalue weighted by Crippen LogP contribution is 2.19. The van der Waals surface area contributed by atoms with Gasteiger partial charge in [0, 0.05) is 23.8 Å². The summed E-state index contributed by atoms with van der Waals surface area (Å²) in [7, 11) is 1.76. The van der Waals surface area contributed by atoms with E-state index < -0.39 is 0 Å². The lowest BCUT2D eigenvalue weighted by molar-refractivity contribution is 0.220. The Morgan fingerprint density at radius 1 is 1.07 bits per heavy atom. The van der Waals surface area contributed by atoms with Gasteiger partial charge in [-0.05, 0) is 47.0 Å². The lowest BCUT2D eigenvalue weighted by Gasteiger charge is -2.19. The molecule has 0 aliphatic rings. The van der Waals surface area contributed by atoms with E-state index in [9.17, 15) is 4.79 Å². The molecule has 0 radical (unpaired) electrons. The van der Waals surface area contributed by atoms with E-state index in [2.05, 4.69) is 27.3 Å². The zero-order valence-electron chi connectivity index (χ0n) is 16.6. The maximum atomic E-state index is 12.5. The van der Waals surface area contributed by atoms with Crippen molar-refractivity contribution < 1.29 is 9.53 Å². The molecule has 0 unspecified atom stereocenters. The Labute approximate surface area is 185 Å². The summed E-state index contributed by atoms with van der Waals surface area (Å²) in [6, 6.07) is 24.9. The van der Waals surface area contributed by atoms with E-state index in [4.69, 9.17) is 10.00 Å². The molecule has 0 saturated heterocycles. The number of carbonyl (C=O) groups is 1. The maximum absolute atomic E-state index is 12.5. The van der Waals surface area contributed by atoms with Crippen LogP contribution in [0.4, 0.5) is 10.5 Å². The second kappa shape index (κ2) is 10.5. The second-order valence-corrected chi connectivity index (χ2v) is 7.70. The van der Waals surface area contributed by atoms with Gasteiger partial charge in [0.25, 0.3) is 0 Å². The fourth-order valence-electron chi connectivity index (χ4n) is 2.87. The Morgan fingerprint density at radius 3 is 2.57 bits per heavy atom. The van der Waals surface area contributed by atoms with Crippen LogP contribution in [0, 0.1) is 11.3 Å². The highest BCUT2D eigenvalue weighted by molar-refractivity contribution is 9.10. The minimum atomic E-state index is -0.183. The first-order valence-corrected chi connectivity index (χ1v) is 10.3. The van der Waals surface area contributed by atoms with Crippen molar-refractivity contribution in [1.82, 2.24) is 4.90 Å². The molecule has 3 aromatic carbocycles. The van der Waals surface area contributed by atoms with Gasteiger partial charge in [-0.25, -0.2) is 4.79 Å². The minimum absolute atomic E-state index is 0.183. The molecule has 0 spiro atoms. The minimum Gasteiger partial charge on any atom is -0.489 e. The first kappa shape index (κ1) is 21.4. The molecule has 0 aliphatic heterocycles. The normalized spacial score (nSPS) is 10.2. The number of carbonyl (C=O) groups excluding carboxylic acids is 1. The zero-order chi connectivity index (χ0) is 21.3. The average Bonchev–Trinajstić information content (AvgIpc) is 2.75. The molecular weight excluding hydrogens is 442 g/mol. The lowest BCUT2D eigenvalue weighted by atomic mass is 10.1. The number of ether oxygens (including phenoxy) is 1. The quantitative estimate of drug-likeness (QED) is 0.484. The Hall–Kier alpha value is -3.30. The molecule has 0 saturated carbocycles. The zero-order valence-corrected chi connectivity index (χ0v) is 18.2. The summed E-state index contributed by atoms with van der Waals surface area (Å²) in [5.74, 6) is 0.735. The SMILES string of the molecule is CN(Cc1ccccc1Br)C(=O)Nc1cccc(COc2ccc(CC#N)cc2)c1. The van der Waals surface area contributed by atoms with E-state index in [-0.39, 0.29) is 6.03 Å². The fourth-order valence-corrected chi connectivity index (χ4v) is 3.28. The van der Waals surface area contributed by atoms with Crippen LogP contribution in [0.2, 0.25) is 0 Å². The number of nitrogens with one attached hydrogen (secondary N) is 1. The van der Waals surface area contributed by atoms with Crippen molar-refractivity contribution in [3.05, 3.63) is 94.0 Å². The molecule has 30 heavy (non-hydrogen) atoms. The van der Waals surface area contributed by atoms with Crippen LogP contribution in [-0.2, 0) is 19.6 Å². The van der Waals surface area contributed by atoms with Gasteiger partial charge in [-0.2, -0.15) is 5.26 Å². The summed E-state index contributed by atoms with van der Waals surface area (Å²) in [6.07, 6.45) is 0.387. The van der Waals surface area contributed by atoms with Crippen LogP contribution < -0.4 is 10.1 Å². The Bertz CT molecular complexity index is 1040. The number of amides is 2. The van der Waals surface area contributed by atoms with E-state index in [1.165, 1.54) is 0 Å². The van der Waals surface area contributed by atoms with Crippen LogP contribution in [-0.4, -0.2) is 18.0 Å². The van der Waals surface area contributed by atoms with Crippen molar-refractivity contribution in [2.75, 3.05) is 12.4 Å². The van der Waals surface area contributed by atoms with E-state index >= 15 is 0 Å². The van der Waals surface area contributed by atoms with Gasteiger partial charge in [-0.1, -0.05) is 58.4 Å². The van der Waals surface area contributed by atoms with Crippen LogP contribution in [0.3, 0.4) is 0 Å². The van der Waals surface area contributed by atoms with Gasteiger partial charge >= 0.3 is 6.03 Å². The van der Waals surface area contributed by atoms with E-state index in [1.54, 1.807) is 11.9 Å². The summed E-state index contributed by atoms with van der Waals surface area (Å²) in [5.41, 5.74) is 3.66. The third-order valence-electron chi connectivity index (χ3n) is 4.50. The molecule has 0 aromatic heterocycles. The molecule has 2 amide bonds. The van der Waals surface area contributed by atoms with Gasteiger partial charge in [-0.15, -0.1) is 0 Å². The third kappa shape index (κ3) is 6.10. The van der Waals surface area contributed by atoms with E-state index in [0.717, 1.165) is 26.9 Å². The van der Waals surface area contributed by atoms with Crippen molar-refractivity contribution in [3.8, 4) is 11.8 Å². The highest BCUT2D eigenvalue weighted by Gasteiger charge is 2.11. The standard InChI is InChI=1S/C24H22BrN3O2/c1-28(16-20-6-2-3-8-23(20)25)24(29)27-21-7-4-5-19(15-21)17-30-22-11-9-18(10-12-22)13-14-26/h2-12,15H,13,16-17H2,1H3,(H,27,29). The number of nitrogens with zero attached hydrogens (tertiary/aromatic N) is 2. The second-order valence-electron chi connectivity index (χ2n) is 6.85. The molecular formula is C24H22BrN3O2. The number of hydrogen-bond donors (Lipinski definition) is 1. The van der Waals surface area contributed by atoms with Gasteiger partial charge in [0.1, 0.15) is 12.4 Å². The molecule has 6 heteroatoms. The molecule has 1 N–H and O–H groups in total. The van der Waals surface area contributed by atoms with Crippen LogP contribution in [0.25, 0.3) is 0 Å². The van der Waals surface area contributed by atoms with Crippen molar-refractivity contribution in [2.24, 2.45) is 0 Å². The number of rotatable bonds is 7. The first-order chi connectivity index (χ1) is 14.5. The number of hydrogen-bond acceptors (Lipinski definition) is 3. The number of nitriles is 1. The van der Waals surface area contributed by atoms with Crippen LogP contribution in [0.1, 0.15) is 16.7 Å². The van der Waals surface area contributed by atoms with Crippen molar-refractivity contribution in [3.63, 3.8) is 0 Å². The summed E-state index contributed by atoms with van der Waals surface area (Å²) in [6.45, 7) is 0.881. The molecule has 0 atom stereocenters. The van der Waals surface area contributed by atoms with Crippen LogP contribution >= 0.6 is 15.9 Å². The number of halogens is 1. The van der Waals surface area contributed by atoms with Gasteiger partial charge in [0.2, 0.25) is 0 Å². The fraction of sp³-hybridized carbons (Fsp3) is 0.167. The monoisotopic (exact) mass is 463 g/mol. The molecule has 5 nitrogen and oxygen atoms in total. The van der Waals surface area contributed by atoms with Gasteiger partial charge in [-0.3, -0.25) is 0 Å². The summed E-state index contributed by atoms with van der Waals surface area (Å²) >= 11 is 3.51. The Balaban J connectivity index is 1.56. The molecule has 3 rings (SSSR count). The number of urea groups is 1. The number of benzene rings is 3. The molecule has 0 aliphatic carbocycles. The van der Waals surface area contributed by atoms with Gasteiger partial charge < -0.3 is 15.0 Å². The smallest absolute Gasteiger partial charge is 0.321 e. The highest BCUT2D eigenvalue weighted by atomic mass is 79.9. The van der Waals surface area contributed by atoms with Gasteiger partial charge in [0.05, 0.1) is 12.5 Å². The largest absolute Gasteiger partial charge is 0.489 e. The van der Waals surface area contributed by atoms with Crippen molar-refractivity contribution in [2.45, 2.75) is 19.6 Å². The van der Waals surface area contributed by atoms with Crippen LogP contribution in [0.5, 0.6) is 5.75 Å². The van der Waals surface area contributed by atoms with Gasteiger partial charge in [0.15, 0.2) is 0 Å². The molecule has 0 fully saturated rings. The van der Waals surface area contributed by atoms with Crippen molar-refractivity contribution >= 4 is 27.6 Å². The van der Waals surface area contributed by atoms with E-state index in [1.807, 2.05) is 72.8 Å². The summed E-state index contributed by atoms with van der Waals surface area (Å²) < 4.78 is 6.79. The Morgan fingerprint density at radius 2 is 1.83 bits per heavy atom. The molecule has 152 valence electrons. The third-order valence-corrected chi connectivity index (χ3v) is 5.28. The molecule has 0 bridgehead atoms. The summed E-state index contributed by atoms with van der Waals surface area (Å²) in [4.78, 5) is 14.2. The molecule has 3 aromatic rings. The topological polar surface area (TPSA) is 65.4 Å². The van der Waals surface area contributed by atoms with E-state index in [0.29, 0.717) is 25.3 Å². The predicted octanol–water partition coefficient (Wildman–Crippen LogP) is 5.76. The predicted molar refractivity (Wildman–Crippen MR) is 121 cm³/mol. The average molecular weight is 464 g/mol. The number of anilines is 1. The maximum Gasteiger partial charge on any atom is 0.321 e.